The summed E-state index contributed by atoms with van der Waals surface area (Å²) >= 11 is 11.8. The molecule has 1 unspecified atom stereocenters. The molecule has 0 aliphatic heterocycles. The summed E-state index contributed by atoms with van der Waals surface area (Å²) in [5, 5.41) is 33.6. The number of non-ortho nitro benzene ring substituents is 1. The van der Waals surface area contributed by atoms with E-state index in [0.29, 0.717) is 21.3 Å². The molecule has 8 heteroatoms. The summed E-state index contributed by atoms with van der Waals surface area (Å²) in [5.74, 6) is 0. The first-order valence-corrected chi connectivity index (χ1v) is 7.23. The van der Waals surface area contributed by atoms with E-state index in [2.05, 4.69) is 5.32 Å². The first-order chi connectivity index (χ1) is 10.9. The first-order valence-electron chi connectivity index (χ1n) is 6.47. The molecule has 0 radical (unpaired) electrons. The Kier molecular flexibility index (Phi) is 5.40. The van der Waals surface area contributed by atoms with Gasteiger partial charge in [-0.3, -0.25) is 10.1 Å². The maximum absolute atomic E-state index is 10.7. The van der Waals surface area contributed by atoms with Crippen molar-refractivity contribution < 1.29 is 10.0 Å². The number of hydrogen-bond donors (Lipinski definition) is 2. The van der Waals surface area contributed by atoms with Crippen molar-refractivity contribution in [2.45, 2.75) is 6.10 Å². The van der Waals surface area contributed by atoms with Crippen molar-refractivity contribution in [2.24, 2.45) is 0 Å². The van der Waals surface area contributed by atoms with Gasteiger partial charge in [0.05, 0.1) is 22.3 Å². The van der Waals surface area contributed by atoms with E-state index in [1.165, 1.54) is 18.2 Å². The zero-order valence-corrected chi connectivity index (χ0v) is 13.2. The van der Waals surface area contributed by atoms with Crippen molar-refractivity contribution in [3.8, 4) is 6.07 Å². The van der Waals surface area contributed by atoms with Crippen molar-refractivity contribution in [2.75, 3.05) is 11.9 Å². The van der Waals surface area contributed by atoms with E-state index in [-0.39, 0.29) is 17.8 Å². The Hall–Kier alpha value is -2.33. The number of rotatable bonds is 5. The Morgan fingerprint density at radius 2 is 1.91 bits per heavy atom. The summed E-state index contributed by atoms with van der Waals surface area (Å²) in [5.41, 5.74) is 0.866. The number of halogens is 2. The average Bonchev–Trinajstić information content (AvgIpc) is 2.51. The lowest BCUT2D eigenvalue weighted by atomic mass is 10.1. The van der Waals surface area contributed by atoms with Crippen molar-refractivity contribution in [1.29, 1.82) is 5.26 Å². The van der Waals surface area contributed by atoms with Gasteiger partial charge in [-0.05, 0) is 29.8 Å². The van der Waals surface area contributed by atoms with Gasteiger partial charge in [0.25, 0.3) is 5.69 Å². The molecule has 0 aromatic heterocycles. The van der Waals surface area contributed by atoms with Crippen LogP contribution in [0.1, 0.15) is 17.2 Å². The van der Waals surface area contributed by atoms with Gasteiger partial charge in [0.15, 0.2) is 0 Å². The molecule has 2 aromatic rings. The second-order valence-electron chi connectivity index (χ2n) is 4.70. The second-order valence-corrected chi connectivity index (χ2v) is 5.57. The topological polar surface area (TPSA) is 99.2 Å². The number of hydrogen-bond acceptors (Lipinski definition) is 5. The first kappa shape index (κ1) is 17.0. The van der Waals surface area contributed by atoms with Crippen LogP contribution in [-0.4, -0.2) is 16.6 Å². The van der Waals surface area contributed by atoms with Gasteiger partial charge in [-0.15, -0.1) is 0 Å². The molecule has 0 saturated carbocycles. The average molecular weight is 352 g/mol. The fourth-order valence-corrected chi connectivity index (χ4v) is 2.53. The second kappa shape index (κ2) is 7.29. The Morgan fingerprint density at radius 3 is 2.48 bits per heavy atom. The monoisotopic (exact) mass is 351 g/mol. The molecule has 0 aliphatic rings. The van der Waals surface area contributed by atoms with Crippen LogP contribution in [0.4, 0.5) is 11.4 Å². The van der Waals surface area contributed by atoms with Crippen molar-refractivity contribution >= 4 is 34.6 Å². The summed E-state index contributed by atoms with van der Waals surface area (Å²) in [6.07, 6.45) is -0.909. The largest absolute Gasteiger partial charge is 0.387 e. The van der Waals surface area contributed by atoms with Gasteiger partial charge >= 0.3 is 0 Å². The molecule has 6 nitrogen and oxygen atoms in total. The van der Waals surface area contributed by atoms with Crippen LogP contribution in [0.5, 0.6) is 0 Å². The van der Waals surface area contributed by atoms with Crippen LogP contribution in [0.2, 0.25) is 10.0 Å². The summed E-state index contributed by atoms with van der Waals surface area (Å²) in [6, 6.07) is 10.5. The summed E-state index contributed by atoms with van der Waals surface area (Å²) in [6.45, 7) is 0.0865. The van der Waals surface area contributed by atoms with Crippen LogP contribution >= 0.6 is 23.2 Å². The van der Waals surface area contributed by atoms with E-state index in [1.54, 1.807) is 18.2 Å². The highest BCUT2D eigenvalue weighted by molar-refractivity contribution is 6.34. The fraction of sp³-hybridized carbons (Fsp3) is 0.133. The Bertz CT molecular complexity index is 770. The van der Waals surface area contributed by atoms with Gasteiger partial charge in [0.1, 0.15) is 6.07 Å². The summed E-state index contributed by atoms with van der Waals surface area (Å²) < 4.78 is 0. The minimum absolute atomic E-state index is 0.0865. The minimum atomic E-state index is -0.909. The Morgan fingerprint density at radius 1 is 1.26 bits per heavy atom. The maximum Gasteiger partial charge on any atom is 0.270 e. The van der Waals surface area contributed by atoms with E-state index >= 15 is 0 Å². The smallest absolute Gasteiger partial charge is 0.270 e. The van der Waals surface area contributed by atoms with E-state index in [0.717, 1.165) is 0 Å². The molecular weight excluding hydrogens is 341 g/mol. The van der Waals surface area contributed by atoms with Crippen molar-refractivity contribution in [1.82, 2.24) is 0 Å². The van der Waals surface area contributed by atoms with E-state index in [9.17, 15) is 15.2 Å². The zero-order valence-electron chi connectivity index (χ0n) is 11.7. The van der Waals surface area contributed by atoms with Crippen molar-refractivity contribution in [3.05, 3.63) is 67.7 Å². The third kappa shape index (κ3) is 4.33. The van der Waals surface area contributed by atoms with E-state index in [4.69, 9.17) is 28.5 Å². The molecule has 0 amide bonds. The molecule has 23 heavy (non-hydrogen) atoms. The summed E-state index contributed by atoms with van der Waals surface area (Å²) in [4.78, 5) is 10.1. The molecule has 118 valence electrons. The molecule has 0 heterocycles. The Balaban J connectivity index is 2.14. The standard InChI is InChI=1S/C15H11Cl2N3O3/c16-11-3-9(4-12(17)6-11)15(21)8-19-14-2-1-13(20(22)23)5-10(14)7-18/h1-6,15,19,21H,8H2. The fourth-order valence-electron chi connectivity index (χ4n) is 1.98. The molecule has 2 rings (SSSR count). The number of aliphatic hydroxyl groups is 1. The predicted molar refractivity (Wildman–Crippen MR) is 87.7 cm³/mol. The van der Waals surface area contributed by atoms with Crippen LogP contribution in [0, 0.1) is 21.4 Å². The van der Waals surface area contributed by atoms with Crippen LogP contribution in [0.15, 0.2) is 36.4 Å². The SMILES string of the molecule is N#Cc1cc([N+](=O)[O-])ccc1NCC(O)c1cc(Cl)cc(Cl)c1. The number of anilines is 1. The lowest BCUT2D eigenvalue weighted by Crippen LogP contribution is -2.13. The maximum atomic E-state index is 10.7. The lowest BCUT2D eigenvalue weighted by molar-refractivity contribution is -0.384. The Labute approximate surface area is 142 Å². The van der Waals surface area contributed by atoms with Gasteiger partial charge in [0, 0.05) is 28.7 Å². The van der Waals surface area contributed by atoms with Gasteiger partial charge in [0.2, 0.25) is 0 Å². The molecule has 0 spiro atoms. The number of aliphatic hydroxyl groups excluding tert-OH is 1. The lowest BCUT2D eigenvalue weighted by Gasteiger charge is -2.14. The number of nitro groups is 1. The third-order valence-corrected chi connectivity index (χ3v) is 3.53. The number of nitrogens with zero attached hydrogens (tertiary/aromatic N) is 2. The number of nitriles is 1. The van der Waals surface area contributed by atoms with Crippen molar-refractivity contribution in [3.63, 3.8) is 0 Å². The molecule has 2 aromatic carbocycles. The van der Waals surface area contributed by atoms with Gasteiger partial charge in [-0.2, -0.15) is 5.26 Å². The molecule has 2 N–H and O–H groups in total. The number of nitro benzene ring substituents is 1. The van der Waals surface area contributed by atoms with Crippen LogP contribution < -0.4 is 5.32 Å². The predicted octanol–water partition coefficient (Wildman–Crippen LogP) is 3.92. The number of nitrogens with one attached hydrogen (secondary N) is 1. The van der Waals surface area contributed by atoms with E-state index < -0.39 is 11.0 Å². The molecule has 0 fully saturated rings. The molecular formula is C15H11Cl2N3O3. The highest BCUT2D eigenvalue weighted by Crippen LogP contribution is 2.25. The third-order valence-electron chi connectivity index (χ3n) is 3.09. The van der Waals surface area contributed by atoms with Gasteiger partial charge < -0.3 is 10.4 Å². The molecule has 0 bridgehead atoms. The highest BCUT2D eigenvalue weighted by atomic mass is 35.5. The minimum Gasteiger partial charge on any atom is -0.387 e. The van der Waals surface area contributed by atoms with Crippen LogP contribution in [0.3, 0.4) is 0 Å². The molecule has 1 atom stereocenters. The van der Waals surface area contributed by atoms with Crippen LogP contribution in [0.25, 0.3) is 0 Å². The summed E-state index contributed by atoms with van der Waals surface area (Å²) in [7, 11) is 0. The normalized spacial score (nSPS) is 11.6. The zero-order chi connectivity index (χ0) is 17.0. The van der Waals surface area contributed by atoms with Gasteiger partial charge in [-0.1, -0.05) is 23.2 Å². The van der Waals surface area contributed by atoms with Crippen LogP contribution in [-0.2, 0) is 0 Å². The number of benzene rings is 2. The quantitative estimate of drug-likeness (QED) is 0.628. The molecule has 0 aliphatic carbocycles. The van der Waals surface area contributed by atoms with E-state index in [1.807, 2.05) is 6.07 Å². The highest BCUT2D eigenvalue weighted by Gasteiger charge is 2.13. The molecule has 0 saturated heterocycles. The van der Waals surface area contributed by atoms with Gasteiger partial charge in [-0.25, -0.2) is 0 Å².